The number of imidazole rings is 1. The van der Waals surface area contributed by atoms with Gasteiger partial charge in [-0.15, -0.1) is 0 Å². The van der Waals surface area contributed by atoms with Gasteiger partial charge in [0, 0.05) is 0 Å². The molecule has 4 rings (SSSR count). The molecule has 0 radical (unpaired) electrons. The molecule has 0 fully saturated rings. The highest BCUT2D eigenvalue weighted by Gasteiger charge is 2.16. The average Bonchev–Trinajstić information content (AvgIpc) is 3.06. The molecule has 1 heterocycles. The number of fused-ring (bicyclic) bond motifs is 1. The molecule has 0 aliphatic heterocycles. The highest BCUT2D eigenvalue weighted by atomic mass is 35.5. The predicted octanol–water partition coefficient (Wildman–Crippen LogP) is 5.30. The van der Waals surface area contributed by atoms with Crippen molar-refractivity contribution in [2.75, 3.05) is 4.72 Å². The van der Waals surface area contributed by atoms with E-state index in [1.54, 1.807) is 42.5 Å². The van der Waals surface area contributed by atoms with Gasteiger partial charge in [-0.1, -0.05) is 29.8 Å². The molecule has 0 bridgehead atoms. The first-order valence-electron chi connectivity index (χ1n) is 7.90. The molecule has 0 aliphatic rings. The van der Waals surface area contributed by atoms with Crippen molar-refractivity contribution in [2.24, 2.45) is 0 Å². The molecule has 4 nitrogen and oxygen atoms in total. The highest BCUT2D eigenvalue weighted by molar-refractivity contribution is 7.86. The van der Waals surface area contributed by atoms with Crippen LogP contribution in [0.2, 0.25) is 5.02 Å². The number of hydrogen-bond donors (Lipinski definition) is 2. The predicted molar refractivity (Wildman–Crippen MR) is 103 cm³/mol. The van der Waals surface area contributed by atoms with E-state index in [0.29, 0.717) is 26.6 Å². The minimum absolute atomic E-state index is 0.0718. The summed E-state index contributed by atoms with van der Waals surface area (Å²) in [6.07, 6.45) is 0. The molecule has 3 aromatic carbocycles. The van der Waals surface area contributed by atoms with Gasteiger partial charge >= 0.3 is 0 Å². The third-order valence-electron chi connectivity index (χ3n) is 3.94. The first-order chi connectivity index (χ1) is 13.0. The maximum absolute atomic E-state index is 14.0. The lowest BCUT2D eigenvalue weighted by molar-refractivity contribution is 0.588. The summed E-state index contributed by atoms with van der Waals surface area (Å²) in [5.74, 6) is -1.35. The van der Waals surface area contributed by atoms with Gasteiger partial charge in [-0.25, -0.2) is 18.0 Å². The average molecular weight is 404 g/mol. The van der Waals surface area contributed by atoms with E-state index in [1.807, 2.05) is 0 Å². The van der Waals surface area contributed by atoms with E-state index < -0.39 is 22.6 Å². The van der Waals surface area contributed by atoms with Crippen LogP contribution in [-0.4, -0.2) is 14.2 Å². The monoisotopic (exact) mass is 403 g/mol. The van der Waals surface area contributed by atoms with E-state index >= 15 is 0 Å². The molecular formula is C19H12ClF2N3OS. The third-order valence-corrected chi connectivity index (χ3v) is 5.36. The first kappa shape index (κ1) is 17.6. The Morgan fingerprint density at radius 1 is 1.00 bits per heavy atom. The Morgan fingerprint density at radius 2 is 1.74 bits per heavy atom. The molecular weight excluding hydrogens is 392 g/mol. The van der Waals surface area contributed by atoms with Crippen LogP contribution in [0.3, 0.4) is 0 Å². The topological polar surface area (TPSA) is 57.8 Å². The van der Waals surface area contributed by atoms with E-state index in [9.17, 15) is 13.0 Å². The summed E-state index contributed by atoms with van der Waals surface area (Å²) in [4.78, 5) is 7.58. The summed E-state index contributed by atoms with van der Waals surface area (Å²) in [6.45, 7) is 0. The molecule has 1 aromatic heterocycles. The Morgan fingerprint density at radius 3 is 2.48 bits per heavy atom. The minimum Gasteiger partial charge on any atom is -0.338 e. The zero-order valence-electron chi connectivity index (χ0n) is 13.7. The van der Waals surface area contributed by atoms with Crippen molar-refractivity contribution in [1.29, 1.82) is 0 Å². The highest BCUT2D eigenvalue weighted by Crippen LogP contribution is 2.27. The largest absolute Gasteiger partial charge is 0.338 e. The van der Waals surface area contributed by atoms with Crippen molar-refractivity contribution in [2.45, 2.75) is 4.90 Å². The molecule has 0 spiro atoms. The van der Waals surface area contributed by atoms with Gasteiger partial charge in [-0.3, -0.25) is 4.72 Å². The second-order valence-electron chi connectivity index (χ2n) is 5.71. The van der Waals surface area contributed by atoms with Crippen LogP contribution in [0.5, 0.6) is 0 Å². The lowest BCUT2D eigenvalue weighted by Crippen LogP contribution is -2.04. The Hall–Kier alpha value is -2.77. The summed E-state index contributed by atoms with van der Waals surface area (Å²) in [6, 6.07) is 15.5. The molecule has 0 amide bonds. The lowest BCUT2D eigenvalue weighted by atomic mass is 10.2. The summed E-state index contributed by atoms with van der Waals surface area (Å²) < 4.78 is 43.4. The molecule has 2 N–H and O–H groups in total. The van der Waals surface area contributed by atoms with Gasteiger partial charge in [-0.2, -0.15) is 0 Å². The molecule has 136 valence electrons. The summed E-state index contributed by atoms with van der Waals surface area (Å²) in [5.41, 5.74) is 1.33. The van der Waals surface area contributed by atoms with Gasteiger partial charge in [-0.05, 0) is 42.5 Å². The van der Waals surface area contributed by atoms with Crippen molar-refractivity contribution < 1.29 is 13.0 Å². The third kappa shape index (κ3) is 3.43. The van der Waals surface area contributed by atoms with Gasteiger partial charge in [0.25, 0.3) is 0 Å². The van der Waals surface area contributed by atoms with Crippen molar-refractivity contribution in [3.8, 4) is 11.4 Å². The van der Waals surface area contributed by atoms with E-state index in [2.05, 4.69) is 14.7 Å². The number of aromatic amines is 1. The van der Waals surface area contributed by atoms with Gasteiger partial charge in [0.2, 0.25) is 0 Å². The Bertz CT molecular complexity index is 1160. The van der Waals surface area contributed by atoms with Crippen LogP contribution >= 0.6 is 11.6 Å². The number of nitrogens with zero attached hydrogens (tertiary/aromatic N) is 1. The normalized spacial score (nSPS) is 12.3. The molecule has 4 aromatic rings. The van der Waals surface area contributed by atoms with Crippen LogP contribution < -0.4 is 4.72 Å². The maximum Gasteiger partial charge on any atom is 0.150 e. The standard InChI is InChI=1S/C19H12ClF2N3OS/c20-12-4-1-2-7-15(12)25-27(26)11-8-9-16-17(10-11)24-19(23-16)18-13(21)5-3-6-14(18)22/h1-10,25H,(H,23,24). The van der Waals surface area contributed by atoms with Crippen molar-refractivity contribution in [3.05, 3.63) is 77.3 Å². The lowest BCUT2D eigenvalue weighted by Gasteiger charge is -2.07. The van der Waals surface area contributed by atoms with Crippen LogP contribution in [-0.2, 0) is 11.0 Å². The van der Waals surface area contributed by atoms with E-state index in [4.69, 9.17) is 11.6 Å². The van der Waals surface area contributed by atoms with Gasteiger partial charge in [0.15, 0.2) is 0 Å². The zero-order valence-corrected chi connectivity index (χ0v) is 15.2. The van der Waals surface area contributed by atoms with Crippen molar-refractivity contribution >= 4 is 39.3 Å². The Balaban J connectivity index is 1.69. The molecule has 27 heavy (non-hydrogen) atoms. The Kier molecular flexibility index (Phi) is 4.63. The minimum atomic E-state index is -1.58. The van der Waals surface area contributed by atoms with Crippen LogP contribution in [0.25, 0.3) is 22.4 Å². The fourth-order valence-corrected chi connectivity index (χ4v) is 3.80. The Labute approximate surface area is 160 Å². The SMILES string of the molecule is O=S(Nc1ccccc1Cl)c1ccc2nc(-c3c(F)cccc3F)[nH]c2c1. The molecule has 1 unspecified atom stereocenters. The quantitative estimate of drug-likeness (QED) is 0.486. The number of para-hydroxylation sites is 1. The fraction of sp³-hybridized carbons (Fsp3) is 0. The van der Waals surface area contributed by atoms with Crippen LogP contribution in [0.4, 0.5) is 14.5 Å². The zero-order chi connectivity index (χ0) is 19.0. The summed E-state index contributed by atoms with van der Waals surface area (Å²) >= 11 is 6.07. The number of anilines is 1. The molecule has 0 saturated carbocycles. The van der Waals surface area contributed by atoms with E-state index in [0.717, 1.165) is 0 Å². The van der Waals surface area contributed by atoms with Gasteiger partial charge < -0.3 is 4.98 Å². The van der Waals surface area contributed by atoms with E-state index in [-0.39, 0.29) is 11.4 Å². The smallest absolute Gasteiger partial charge is 0.150 e. The molecule has 0 aliphatic carbocycles. The van der Waals surface area contributed by atoms with Crippen LogP contribution in [0.15, 0.2) is 65.6 Å². The first-order valence-corrected chi connectivity index (χ1v) is 9.43. The number of nitrogens with one attached hydrogen (secondary N) is 2. The number of benzene rings is 3. The van der Waals surface area contributed by atoms with Crippen LogP contribution in [0, 0.1) is 11.6 Å². The number of aromatic nitrogens is 2. The number of halogens is 3. The molecule has 1 atom stereocenters. The van der Waals surface area contributed by atoms with Crippen molar-refractivity contribution in [1.82, 2.24) is 9.97 Å². The second kappa shape index (κ2) is 7.09. The van der Waals surface area contributed by atoms with Gasteiger partial charge in [0.05, 0.1) is 32.2 Å². The number of rotatable bonds is 4. The van der Waals surface area contributed by atoms with E-state index in [1.165, 1.54) is 18.2 Å². The molecule has 0 saturated heterocycles. The maximum atomic E-state index is 14.0. The van der Waals surface area contributed by atoms with Gasteiger partial charge in [0.1, 0.15) is 28.4 Å². The summed E-state index contributed by atoms with van der Waals surface area (Å²) in [5, 5.41) is 0.450. The summed E-state index contributed by atoms with van der Waals surface area (Å²) in [7, 11) is -1.58. The number of H-pyrrole nitrogens is 1. The fourth-order valence-electron chi connectivity index (χ4n) is 2.65. The molecule has 8 heteroatoms. The second-order valence-corrected chi connectivity index (χ2v) is 7.33. The van der Waals surface area contributed by atoms with Crippen molar-refractivity contribution in [3.63, 3.8) is 0 Å². The van der Waals surface area contributed by atoms with Crippen LogP contribution in [0.1, 0.15) is 0 Å². The number of hydrogen-bond acceptors (Lipinski definition) is 2.